The summed E-state index contributed by atoms with van der Waals surface area (Å²) in [5.74, 6) is 0. The number of hydrogen-bond acceptors (Lipinski definition) is 2. The van der Waals surface area contributed by atoms with E-state index in [0.717, 1.165) is 16.8 Å². The minimum atomic E-state index is 0.248. The lowest BCUT2D eigenvalue weighted by molar-refractivity contribution is -0.696. The van der Waals surface area contributed by atoms with Gasteiger partial charge in [-0.3, -0.25) is 0 Å². The third-order valence-electron chi connectivity index (χ3n) is 9.38. The fourth-order valence-electron chi connectivity index (χ4n) is 6.65. The van der Waals surface area contributed by atoms with Gasteiger partial charge in [0.25, 0.3) is 0 Å². The van der Waals surface area contributed by atoms with Crippen LogP contribution in [-0.4, -0.2) is 6.54 Å². The maximum atomic E-state index is 10.9. The average Bonchev–Trinajstić information content (AvgIpc) is 2.95. The lowest BCUT2D eigenvalue weighted by atomic mass is 9.72. The molecule has 1 aromatic heterocycles. The molecule has 3 rings (SSSR count). The summed E-state index contributed by atoms with van der Waals surface area (Å²) in [4.78, 5) is 10.9. The molecule has 0 spiro atoms. The van der Waals surface area contributed by atoms with E-state index in [2.05, 4.69) is 151 Å². The molecule has 0 N–H and O–H groups in total. The maximum Gasteiger partial charge on any atom is 0.206 e. The Bertz CT molecular complexity index is 1490. The highest BCUT2D eigenvalue weighted by Crippen LogP contribution is 2.41. The summed E-state index contributed by atoms with van der Waals surface area (Å²) in [6.07, 6.45) is 33.7. The molecule has 0 bridgehead atoms. The van der Waals surface area contributed by atoms with E-state index < -0.39 is 0 Å². The number of pyridine rings is 1. The summed E-state index contributed by atoms with van der Waals surface area (Å²) < 4.78 is 2.09. The van der Waals surface area contributed by atoms with Gasteiger partial charge in [-0.05, 0) is 106 Å². The van der Waals surface area contributed by atoms with Gasteiger partial charge in [-0.1, -0.05) is 116 Å². The Hall–Kier alpha value is -3.59. The van der Waals surface area contributed by atoms with Crippen LogP contribution in [0.15, 0.2) is 117 Å². The maximum absolute atomic E-state index is 10.9. The number of hydrogen-bond donors (Lipinski definition) is 0. The lowest BCUT2D eigenvalue weighted by Gasteiger charge is -2.33. The quantitative estimate of drug-likeness (QED) is 0.132. The molecule has 0 atom stereocenters. The van der Waals surface area contributed by atoms with Gasteiger partial charge in [-0.15, -0.1) is 0 Å². The second-order valence-electron chi connectivity index (χ2n) is 14.4. The molecule has 0 radical (unpaired) electrons. The Kier molecular flexibility index (Phi) is 13.3. The first-order valence-electron chi connectivity index (χ1n) is 16.8. The molecular weight excluding hydrogens is 548 g/mol. The van der Waals surface area contributed by atoms with E-state index in [1.807, 2.05) is 6.20 Å². The Morgan fingerprint density at radius 2 is 1.36 bits per heavy atom. The van der Waals surface area contributed by atoms with Gasteiger partial charge in [-0.25, -0.2) is 0 Å². The number of rotatable bonds is 12. The molecule has 0 fully saturated rings. The van der Waals surface area contributed by atoms with Crippen LogP contribution in [0.1, 0.15) is 112 Å². The van der Waals surface area contributed by atoms with Crippen LogP contribution in [0.2, 0.25) is 0 Å². The topological polar surface area (TPSA) is 33.3 Å². The molecule has 0 amide bonds. The van der Waals surface area contributed by atoms with E-state index in [0.29, 0.717) is 6.54 Å². The van der Waals surface area contributed by atoms with Gasteiger partial charge in [0.15, 0.2) is 12.7 Å². The van der Waals surface area contributed by atoms with Crippen LogP contribution in [-0.2, 0) is 6.54 Å². The minimum absolute atomic E-state index is 0.248. The molecule has 240 valence electrons. The molecule has 2 aliphatic rings. The predicted molar refractivity (Wildman–Crippen MR) is 196 cm³/mol. The molecule has 1 heterocycles. The normalized spacial score (nSPS) is 20.1. The number of nitroso groups, excluding NO2 is 1. The fraction of sp³-hybridized carbons (Fsp3) is 0.452. The van der Waals surface area contributed by atoms with E-state index in [4.69, 9.17) is 0 Å². The number of aromatic nitrogens is 1. The molecule has 2 aliphatic carbocycles. The van der Waals surface area contributed by atoms with Gasteiger partial charge in [0.1, 0.15) is 6.54 Å². The standard InChI is InChI=1S/C42H57N2O/c1-32(20-22-39-35(4)17-12-25-41(39,6)7)14-10-16-34(3)30-38-31-37(24-28-44(38)29-27-43-45)19-11-15-33(2)21-23-40-36(5)18-13-26-42(40,8)9/h10-11,14-16,19-24,28,30-31H,12-13,17-18,25-27,29H2,1-9H3/q+1/b16-10+,19-11+,22-20+,23-21+,32-14+,33-15+,34-30-. The summed E-state index contributed by atoms with van der Waals surface area (Å²) in [6, 6.07) is 4.26. The van der Waals surface area contributed by atoms with Gasteiger partial charge in [0, 0.05) is 18.2 Å². The van der Waals surface area contributed by atoms with Crippen LogP contribution < -0.4 is 4.57 Å². The smallest absolute Gasteiger partial charge is 0.197 e. The molecule has 0 saturated heterocycles. The van der Waals surface area contributed by atoms with E-state index in [1.165, 1.54) is 72.0 Å². The summed E-state index contributed by atoms with van der Waals surface area (Å²) >= 11 is 0. The van der Waals surface area contributed by atoms with Crippen molar-refractivity contribution in [2.45, 2.75) is 107 Å². The van der Waals surface area contributed by atoms with Crippen LogP contribution in [0.4, 0.5) is 0 Å². The van der Waals surface area contributed by atoms with E-state index in [1.54, 1.807) is 0 Å². The van der Waals surface area contributed by atoms with Crippen molar-refractivity contribution in [2.24, 2.45) is 16.0 Å². The van der Waals surface area contributed by atoms with Gasteiger partial charge in [0.05, 0.1) is 0 Å². The Labute approximate surface area is 274 Å². The van der Waals surface area contributed by atoms with E-state index in [9.17, 15) is 4.91 Å². The first kappa shape index (κ1) is 35.9. The van der Waals surface area contributed by atoms with E-state index in [-0.39, 0.29) is 17.4 Å². The lowest BCUT2D eigenvalue weighted by Crippen LogP contribution is -2.38. The Morgan fingerprint density at radius 1 is 0.800 bits per heavy atom. The van der Waals surface area contributed by atoms with Crippen molar-refractivity contribution in [2.75, 3.05) is 6.54 Å². The van der Waals surface area contributed by atoms with Crippen molar-refractivity contribution in [1.29, 1.82) is 0 Å². The zero-order chi connectivity index (χ0) is 33.0. The van der Waals surface area contributed by atoms with Crippen molar-refractivity contribution < 1.29 is 4.57 Å². The molecule has 0 aromatic carbocycles. The first-order valence-corrected chi connectivity index (χ1v) is 16.8. The van der Waals surface area contributed by atoms with Crippen molar-refractivity contribution in [1.82, 2.24) is 0 Å². The summed E-state index contributed by atoms with van der Waals surface area (Å²) in [5, 5.41) is 3.09. The Balaban J connectivity index is 1.74. The average molecular weight is 606 g/mol. The van der Waals surface area contributed by atoms with Gasteiger partial charge in [-0.2, -0.15) is 9.47 Å². The SMILES string of the molecule is CC1=C(/C=C/C(C)=C/C=C/C(C)=C\c2cc(/C=C/C=C(C)/C=C/C3=C(C)CCCC3(C)C)cc[n+]2CCN=O)C(C)(C)CCC1. The molecule has 1 aromatic rings. The largest absolute Gasteiger partial charge is 0.206 e. The third kappa shape index (κ3) is 11.1. The monoisotopic (exact) mass is 605 g/mol. The second kappa shape index (κ2) is 16.6. The van der Waals surface area contributed by atoms with Gasteiger partial charge >= 0.3 is 0 Å². The zero-order valence-corrected chi connectivity index (χ0v) is 29.5. The molecular formula is C42H57N2O+. The highest BCUT2D eigenvalue weighted by atomic mass is 16.3. The van der Waals surface area contributed by atoms with Crippen molar-refractivity contribution >= 4 is 12.2 Å². The van der Waals surface area contributed by atoms with Crippen LogP contribution >= 0.6 is 0 Å². The Morgan fingerprint density at radius 3 is 1.89 bits per heavy atom. The molecule has 3 nitrogen and oxygen atoms in total. The highest BCUT2D eigenvalue weighted by molar-refractivity contribution is 5.57. The summed E-state index contributed by atoms with van der Waals surface area (Å²) in [6.45, 7) is 21.2. The second-order valence-corrected chi connectivity index (χ2v) is 14.4. The molecule has 0 unspecified atom stereocenters. The third-order valence-corrected chi connectivity index (χ3v) is 9.38. The van der Waals surface area contributed by atoms with Gasteiger partial charge in [0.2, 0.25) is 5.69 Å². The predicted octanol–water partition coefficient (Wildman–Crippen LogP) is 11.8. The first-order chi connectivity index (χ1) is 21.3. The van der Waals surface area contributed by atoms with Gasteiger partial charge < -0.3 is 0 Å². The van der Waals surface area contributed by atoms with Crippen molar-refractivity contribution in [3.63, 3.8) is 0 Å². The zero-order valence-electron chi connectivity index (χ0n) is 29.5. The number of nitrogens with zero attached hydrogens (tertiary/aromatic N) is 2. The summed E-state index contributed by atoms with van der Waals surface area (Å²) in [7, 11) is 0. The highest BCUT2D eigenvalue weighted by Gasteiger charge is 2.27. The molecule has 45 heavy (non-hydrogen) atoms. The van der Waals surface area contributed by atoms with E-state index >= 15 is 0 Å². The molecule has 0 aliphatic heterocycles. The number of allylic oxidation sites excluding steroid dienone is 16. The fourth-order valence-corrected chi connectivity index (χ4v) is 6.65. The van der Waals surface area contributed by atoms with Crippen molar-refractivity contribution in [3.05, 3.63) is 128 Å². The van der Waals surface area contributed by atoms with Crippen molar-refractivity contribution in [3.8, 4) is 0 Å². The van der Waals surface area contributed by atoms with Crippen LogP contribution in [0.25, 0.3) is 12.2 Å². The van der Waals surface area contributed by atoms with Crippen LogP contribution in [0, 0.1) is 15.7 Å². The van der Waals surface area contributed by atoms with Crippen LogP contribution in [0.5, 0.6) is 0 Å². The minimum Gasteiger partial charge on any atom is -0.197 e. The van der Waals surface area contributed by atoms with Crippen LogP contribution in [0.3, 0.4) is 0 Å². The summed E-state index contributed by atoms with van der Waals surface area (Å²) in [5.41, 5.74) is 12.3. The molecule has 0 saturated carbocycles. The molecule has 3 heteroatoms.